The number of carbonyl (C=O) groups is 2. The number of hydrogen-bond donors (Lipinski definition) is 1. The number of halogens is 1. The van der Waals surface area contributed by atoms with E-state index in [0.29, 0.717) is 27.6 Å². The lowest BCUT2D eigenvalue weighted by Gasteiger charge is -2.26. The number of hydrogen-bond acceptors (Lipinski definition) is 6. The number of benzene rings is 2. The van der Waals surface area contributed by atoms with Gasteiger partial charge in [0.25, 0.3) is 0 Å². The number of ketones is 1. The molecule has 0 radical (unpaired) electrons. The summed E-state index contributed by atoms with van der Waals surface area (Å²) < 4.78 is 15.9. The minimum Gasteiger partial charge on any atom is -0.507 e. The maximum absolute atomic E-state index is 12.0. The first-order valence-electron chi connectivity index (χ1n) is 7.62. The molecule has 0 saturated carbocycles. The van der Waals surface area contributed by atoms with Crippen LogP contribution in [0.2, 0.25) is 5.02 Å². The van der Waals surface area contributed by atoms with Gasteiger partial charge in [-0.1, -0.05) is 11.6 Å². The Balaban J connectivity index is 1.90. The summed E-state index contributed by atoms with van der Waals surface area (Å²) in [5.41, 5.74) is 1.24. The number of phenolic OH excluding ortho intramolecular Hbond substituents is 1. The molecule has 128 valence electrons. The van der Waals surface area contributed by atoms with Crippen LogP contribution in [0.5, 0.6) is 23.0 Å². The van der Waals surface area contributed by atoms with Crippen molar-refractivity contribution in [3.05, 3.63) is 46.0 Å². The zero-order valence-electron chi connectivity index (χ0n) is 13.2. The fourth-order valence-corrected chi connectivity index (χ4v) is 3.48. The Morgan fingerprint density at radius 2 is 2.04 bits per heavy atom. The molecule has 2 aliphatic rings. The molecule has 1 N–H and O–H groups in total. The predicted molar refractivity (Wildman–Crippen MR) is 87.8 cm³/mol. The second kappa shape index (κ2) is 5.67. The molecule has 0 aliphatic carbocycles. The highest BCUT2D eigenvalue weighted by Crippen LogP contribution is 2.48. The van der Waals surface area contributed by atoms with Crippen LogP contribution in [0.4, 0.5) is 0 Å². The van der Waals surface area contributed by atoms with Crippen molar-refractivity contribution < 1.29 is 28.9 Å². The van der Waals surface area contributed by atoms with E-state index in [1.54, 1.807) is 12.1 Å². The number of rotatable bonds is 2. The molecule has 6 nitrogen and oxygen atoms in total. The molecular weight excluding hydrogens is 348 g/mol. The third kappa shape index (κ3) is 2.49. The second-order valence-electron chi connectivity index (χ2n) is 5.90. The summed E-state index contributed by atoms with van der Waals surface area (Å²) >= 11 is 6.24. The van der Waals surface area contributed by atoms with Crippen molar-refractivity contribution in [3.63, 3.8) is 0 Å². The number of phenols is 1. The van der Waals surface area contributed by atoms with Gasteiger partial charge in [-0.15, -0.1) is 0 Å². The molecule has 0 spiro atoms. The number of carbonyl (C=O) groups excluding carboxylic acids is 2. The van der Waals surface area contributed by atoms with Crippen molar-refractivity contribution in [2.75, 3.05) is 6.79 Å². The largest absolute Gasteiger partial charge is 0.507 e. The van der Waals surface area contributed by atoms with Gasteiger partial charge in [-0.3, -0.25) is 9.59 Å². The Labute approximate surface area is 147 Å². The molecule has 0 amide bonds. The van der Waals surface area contributed by atoms with Crippen LogP contribution < -0.4 is 14.2 Å². The van der Waals surface area contributed by atoms with Crippen LogP contribution in [0, 0.1) is 0 Å². The van der Waals surface area contributed by atoms with Gasteiger partial charge in [-0.05, 0) is 36.8 Å². The quantitative estimate of drug-likeness (QED) is 0.502. The van der Waals surface area contributed by atoms with Gasteiger partial charge in [0.15, 0.2) is 17.3 Å². The third-order valence-corrected chi connectivity index (χ3v) is 4.63. The van der Waals surface area contributed by atoms with E-state index in [2.05, 4.69) is 0 Å². The van der Waals surface area contributed by atoms with Crippen LogP contribution in [0.15, 0.2) is 24.3 Å². The Kier molecular flexibility index (Phi) is 3.58. The van der Waals surface area contributed by atoms with E-state index in [9.17, 15) is 14.7 Å². The smallest absolute Gasteiger partial charge is 0.312 e. The maximum Gasteiger partial charge on any atom is 0.312 e. The van der Waals surface area contributed by atoms with Gasteiger partial charge in [0.1, 0.15) is 11.5 Å². The van der Waals surface area contributed by atoms with Gasteiger partial charge in [0.2, 0.25) is 6.79 Å². The standard InChI is InChI=1S/C18H13ClO6/c1-8(20)10-2-3-13-16(17(10)22)11(6-15(21)25-13)9-4-12(19)18-14(5-9)23-7-24-18/h2-5,11,22H,6-7H2,1H3/t11-/m1/s1. The highest BCUT2D eigenvalue weighted by Gasteiger charge is 2.34. The monoisotopic (exact) mass is 360 g/mol. The Morgan fingerprint density at radius 3 is 2.80 bits per heavy atom. The zero-order valence-corrected chi connectivity index (χ0v) is 13.9. The van der Waals surface area contributed by atoms with E-state index in [1.807, 2.05) is 0 Å². The van der Waals surface area contributed by atoms with Gasteiger partial charge in [0, 0.05) is 11.5 Å². The average Bonchev–Trinajstić information content (AvgIpc) is 3.03. The van der Waals surface area contributed by atoms with Gasteiger partial charge < -0.3 is 19.3 Å². The van der Waals surface area contributed by atoms with Crippen LogP contribution in [0.25, 0.3) is 0 Å². The highest BCUT2D eigenvalue weighted by atomic mass is 35.5. The van der Waals surface area contributed by atoms with E-state index in [1.165, 1.54) is 19.1 Å². The van der Waals surface area contributed by atoms with Crippen molar-refractivity contribution in [3.8, 4) is 23.0 Å². The second-order valence-corrected chi connectivity index (χ2v) is 6.30. The lowest BCUT2D eigenvalue weighted by atomic mass is 9.84. The van der Waals surface area contributed by atoms with Gasteiger partial charge in [-0.2, -0.15) is 0 Å². The lowest BCUT2D eigenvalue weighted by molar-refractivity contribution is -0.135. The summed E-state index contributed by atoms with van der Waals surface area (Å²) in [6, 6.07) is 6.35. The number of Topliss-reactive ketones (excluding diaryl/α,β-unsaturated/α-hetero) is 1. The molecule has 0 fully saturated rings. The van der Waals surface area contributed by atoms with Crippen molar-refractivity contribution >= 4 is 23.4 Å². The summed E-state index contributed by atoms with van der Waals surface area (Å²) in [7, 11) is 0. The van der Waals surface area contributed by atoms with Crippen molar-refractivity contribution in [1.82, 2.24) is 0 Å². The number of ether oxygens (including phenoxy) is 3. The molecule has 2 aromatic rings. The molecule has 1 atom stereocenters. The minimum absolute atomic E-state index is 0.0118. The molecule has 0 aromatic heterocycles. The van der Waals surface area contributed by atoms with Gasteiger partial charge >= 0.3 is 5.97 Å². The summed E-state index contributed by atoms with van der Waals surface area (Å²) in [5, 5.41) is 10.9. The van der Waals surface area contributed by atoms with Crippen LogP contribution in [0.3, 0.4) is 0 Å². The molecule has 0 unspecified atom stereocenters. The summed E-state index contributed by atoms with van der Waals surface area (Å²) in [4.78, 5) is 23.7. The maximum atomic E-state index is 12.0. The van der Waals surface area contributed by atoms with Crippen LogP contribution >= 0.6 is 11.6 Å². The molecule has 4 rings (SSSR count). The van der Waals surface area contributed by atoms with Crippen LogP contribution in [-0.4, -0.2) is 23.7 Å². The number of aromatic hydroxyl groups is 1. The minimum atomic E-state index is -0.512. The van der Waals surface area contributed by atoms with Crippen LogP contribution in [0.1, 0.15) is 40.7 Å². The molecule has 0 saturated heterocycles. The lowest BCUT2D eigenvalue weighted by Crippen LogP contribution is -2.21. The fraction of sp³-hybridized carbons (Fsp3) is 0.222. The Bertz CT molecular complexity index is 920. The van der Waals surface area contributed by atoms with Crippen molar-refractivity contribution in [1.29, 1.82) is 0 Å². The van der Waals surface area contributed by atoms with Gasteiger partial charge in [-0.25, -0.2) is 0 Å². The van der Waals surface area contributed by atoms with Crippen molar-refractivity contribution in [2.45, 2.75) is 19.3 Å². The number of esters is 1. The van der Waals surface area contributed by atoms with E-state index in [-0.39, 0.29) is 36.1 Å². The first-order chi connectivity index (χ1) is 12.0. The topological polar surface area (TPSA) is 82.1 Å². The molecule has 2 aliphatic heterocycles. The van der Waals surface area contributed by atoms with E-state index in [4.69, 9.17) is 25.8 Å². The Hall–Kier alpha value is -2.73. The molecular formula is C18H13ClO6. The third-order valence-electron chi connectivity index (χ3n) is 4.35. The van der Waals surface area contributed by atoms with E-state index in [0.717, 1.165) is 0 Å². The SMILES string of the molecule is CC(=O)c1ccc2c(c1O)[C@@H](c1cc(Cl)c3c(c1)OCO3)CC(=O)O2. The van der Waals surface area contributed by atoms with Gasteiger partial charge in [0.05, 0.1) is 17.0 Å². The highest BCUT2D eigenvalue weighted by molar-refractivity contribution is 6.32. The normalized spacial score (nSPS) is 17.8. The van der Waals surface area contributed by atoms with Crippen molar-refractivity contribution in [2.24, 2.45) is 0 Å². The Morgan fingerprint density at radius 1 is 1.24 bits per heavy atom. The molecule has 2 aromatic carbocycles. The molecule has 7 heteroatoms. The predicted octanol–water partition coefficient (Wildman–Crippen LogP) is 3.42. The summed E-state index contributed by atoms with van der Waals surface area (Å²) in [6.07, 6.45) is 0.0118. The number of fused-ring (bicyclic) bond motifs is 2. The van der Waals surface area contributed by atoms with E-state index < -0.39 is 11.9 Å². The first kappa shape index (κ1) is 15.8. The molecule has 2 heterocycles. The molecule has 0 bridgehead atoms. The summed E-state index contributed by atoms with van der Waals surface area (Å²) in [5.74, 6) is -0.242. The van der Waals surface area contributed by atoms with Crippen LogP contribution in [-0.2, 0) is 4.79 Å². The summed E-state index contributed by atoms with van der Waals surface area (Å²) in [6.45, 7) is 1.43. The van der Waals surface area contributed by atoms with E-state index >= 15 is 0 Å². The molecule has 25 heavy (non-hydrogen) atoms. The zero-order chi connectivity index (χ0) is 17.7. The fourth-order valence-electron chi connectivity index (χ4n) is 3.21. The average molecular weight is 361 g/mol. The first-order valence-corrected chi connectivity index (χ1v) is 8.00.